The zero-order chi connectivity index (χ0) is 15.8. The van der Waals surface area contributed by atoms with Crippen LogP contribution in [0.5, 0.6) is 5.75 Å². The van der Waals surface area contributed by atoms with Crippen molar-refractivity contribution in [2.24, 2.45) is 4.99 Å². The Morgan fingerprint density at radius 2 is 2.05 bits per heavy atom. The second-order valence-corrected chi connectivity index (χ2v) is 4.69. The summed E-state index contributed by atoms with van der Waals surface area (Å²) in [5, 5.41) is 13.6. The summed E-state index contributed by atoms with van der Waals surface area (Å²) in [5.74, 6) is 2.98. The van der Waals surface area contributed by atoms with Gasteiger partial charge in [0.15, 0.2) is 11.8 Å². The van der Waals surface area contributed by atoms with E-state index in [2.05, 4.69) is 37.7 Å². The molecule has 22 heavy (non-hydrogen) atoms. The Bertz CT molecular complexity index is 605. The van der Waals surface area contributed by atoms with Gasteiger partial charge in [-0.15, -0.1) is 0 Å². The number of nitrogens with zero attached hydrogens (tertiary/aromatic N) is 3. The lowest BCUT2D eigenvalue weighted by Gasteiger charge is -2.09. The summed E-state index contributed by atoms with van der Waals surface area (Å²) < 4.78 is 5.14. The lowest BCUT2D eigenvalue weighted by Crippen LogP contribution is -2.37. The summed E-state index contributed by atoms with van der Waals surface area (Å²) in [4.78, 5) is 8.61. The topological polar surface area (TPSA) is 87.2 Å². The SMILES string of the molecule is CCCNC(=NC)NCc1nc(-c2ccc(OC)cc2)n[nH]1. The van der Waals surface area contributed by atoms with Gasteiger partial charge in [0.1, 0.15) is 11.6 Å². The molecule has 7 heteroatoms. The first-order valence-electron chi connectivity index (χ1n) is 7.27. The molecule has 0 unspecified atom stereocenters. The van der Waals surface area contributed by atoms with Crippen LogP contribution in [-0.2, 0) is 6.54 Å². The van der Waals surface area contributed by atoms with E-state index in [1.807, 2.05) is 24.3 Å². The average Bonchev–Trinajstić information content (AvgIpc) is 3.04. The quantitative estimate of drug-likeness (QED) is 0.557. The van der Waals surface area contributed by atoms with Crippen molar-refractivity contribution in [1.82, 2.24) is 25.8 Å². The van der Waals surface area contributed by atoms with E-state index in [-0.39, 0.29) is 0 Å². The van der Waals surface area contributed by atoms with Crippen LogP contribution in [-0.4, -0.2) is 41.8 Å². The molecule has 0 aliphatic heterocycles. The maximum absolute atomic E-state index is 5.14. The number of nitrogens with one attached hydrogen (secondary N) is 3. The predicted molar refractivity (Wildman–Crippen MR) is 86.9 cm³/mol. The lowest BCUT2D eigenvalue weighted by atomic mass is 10.2. The molecule has 0 bridgehead atoms. The van der Waals surface area contributed by atoms with E-state index in [1.54, 1.807) is 14.2 Å². The minimum Gasteiger partial charge on any atom is -0.497 e. The van der Waals surface area contributed by atoms with E-state index in [4.69, 9.17) is 4.74 Å². The molecule has 2 rings (SSSR count). The molecular weight excluding hydrogens is 280 g/mol. The van der Waals surface area contributed by atoms with E-state index in [0.717, 1.165) is 36.1 Å². The molecule has 118 valence electrons. The molecule has 7 nitrogen and oxygen atoms in total. The van der Waals surface area contributed by atoms with Crippen LogP contribution < -0.4 is 15.4 Å². The molecule has 0 radical (unpaired) electrons. The van der Waals surface area contributed by atoms with Crippen LogP contribution in [0.4, 0.5) is 0 Å². The fraction of sp³-hybridized carbons (Fsp3) is 0.400. The van der Waals surface area contributed by atoms with Crippen molar-refractivity contribution in [2.75, 3.05) is 20.7 Å². The summed E-state index contributed by atoms with van der Waals surface area (Å²) in [6.07, 6.45) is 1.05. The van der Waals surface area contributed by atoms with Crippen molar-refractivity contribution in [2.45, 2.75) is 19.9 Å². The van der Waals surface area contributed by atoms with Gasteiger partial charge in [0, 0.05) is 19.2 Å². The number of benzene rings is 1. The van der Waals surface area contributed by atoms with Crippen molar-refractivity contribution in [1.29, 1.82) is 0 Å². The van der Waals surface area contributed by atoms with Crippen LogP contribution in [0.15, 0.2) is 29.3 Å². The molecule has 0 fully saturated rings. The molecule has 0 saturated heterocycles. The Kier molecular flexibility index (Phi) is 5.76. The van der Waals surface area contributed by atoms with E-state index in [1.165, 1.54) is 0 Å². The zero-order valence-corrected chi connectivity index (χ0v) is 13.2. The minimum absolute atomic E-state index is 0.534. The number of aromatic nitrogens is 3. The molecule has 0 spiro atoms. The number of hydrogen-bond acceptors (Lipinski definition) is 4. The summed E-state index contributed by atoms with van der Waals surface area (Å²) in [6.45, 7) is 3.53. The molecule has 1 aromatic carbocycles. The first-order chi connectivity index (χ1) is 10.8. The van der Waals surface area contributed by atoms with E-state index in [9.17, 15) is 0 Å². The maximum Gasteiger partial charge on any atom is 0.191 e. The second-order valence-electron chi connectivity index (χ2n) is 4.69. The summed E-state index contributed by atoms with van der Waals surface area (Å²) >= 11 is 0. The van der Waals surface area contributed by atoms with Gasteiger partial charge in [-0.1, -0.05) is 6.92 Å². The summed E-state index contributed by atoms with van der Waals surface area (Å²) in [7, 11) is 3.39. The highest BCUT2D eigenvalue weighted by Crippen LogP contribution is 2.18. The van der Waals surface area contributed by atoms with E-state index >= 15 is 0 Å². The van der Waals surface area contributed by atoms with Gasteiger partial charge in [0.2, 0.25) is 0 Å². The van der Waals surface area contributed by atoms with Gasteiger partial charge in [0.05, 0.1) is 13.7 Å². The Morgan fingerprint density at radius 3 is 2.68 bits per heavy atom. The van der Waals surface area contributed by atoms with Crippen LogP contribution >= 0.6 is 0 Å². The standard InChI is InChI=1S/C15H22N6O/c1-4-9-17-15(16-2)18-10-13-19-14(21-20-13)11-5-7-12(22-3)8-6-11/h5-8H,4,9-10H2,1-3H3,(H2,16,17,18)(H,19,20,21). The highest BCUT2D eigenvalue weighted by atomic mass is 16.5. The Hall–Kier alpha value is -2.57. The third-order valence-corrected chi connectivity index (χ3v) is 3.07. The van der Waals surface area contributed by atoms with Gasteiger partial charge in [-0.05, 0) is 30.7 Å². The van der Waals surface area contributed by atoms with E-state index < -0.39 is 0 Å². The molecule has 0 amide bonds. The number of hydrogen-bond donors (Lipinski definition) is 3. The summed E-state index contributed by atoms with van der Waals surface area (Å²) in [5.41, 5.74) is 0.941. The first kappa shape index (κ1) is 15.8. The zero-order valence-electron chi connectivity index (χ0n) is 13.2. The van der Waals surface area contributed by atoms with Crippen molar-refractivity contribution in [3.05, 3.63) is 30.1 Å². The smallest absolute Gasteiger partial charge is 0.191 e. The van der Waals surface area contributed by atoms with Crippen LogP contribution in [0.2, 0.25) is 0 Å². The van der Waals surface area contributed by atoms with Gasteiger partial charge < -0.3 is 15.4 Å². The Morgan fingerprint density at radius 1 is 1.27 bits per heavy atom. The molecule has 3 N–H and O–H groups in total. The molecule has 1 heterocycles. The minimum atomic E-state index is 0.534. The average molecular weight is 302 g/mol. The number of rotatable bonds is 6. The second kappa shape index (κ2) is 8.02. The molecule has 0 aliphatic carbocycles. The number of guanidine groups is 1. The van der Waals surface area contributed by atoms with Crippen molar-refractivity contribution in [3.63, 3.8) is 0 Å². The predicted octanol–water partition coefficient (Wildman–Crippen LogP) is 1.56. The monoisotopic (exact) mass is 302 g/mol. The molecule has 0 saturated carbocycles. The van der Waals surface area contributed by atoms with Crippen LogP contribution in [0.25, 0.3) is 11.4 Å². The normalized spacial score (nSPS) is 11.3. The fourth-order valence-electron chi connectivity index (χ4n) is 1.88. The lowest BCUT2D eigenvalue weighted by molar-refractivity contribution is 0.415. The fourth-order valence-corrected chi connectivity index (χ4v) is 1.88. The number of aromatic amines is 1. The molecule has 1 aromatic heterocycles. The number of H-pyrrole nitrogens is 1. The number of ether oxygens (including phenoxy) is 1. The van der Waals surface area contributed by atoms with Gasteiger partial charge >= 0.3 is 0 Å². The number of aliphatic imine (C=N–C) groups is 1. The molecule has 0 atom stereocenters. The van der Waals surface area contributed by atoms with Gasteiger partial charge in [-0.2, -0.15) is 5.10 Å². The third kappa shape index (κ3) is 4.21. The molecule has 2 aromatic rings. The molecule has 0 aliphatic rings. The highest BCUT2D eigenvalue weighted by molar-refractivity contribution is 5.79. The highest BCUT2D eigenvalue weighted by Gasteiger charge is 2.06. The Labute approximate surface area is 130 Å². The maximum atomic E-state index is 5.14. The van der Waals surface area contributed by atoms with Crippen molar-refractivity contribution < 1.29 is 4.74 Å². The largest absolute Gasteiger partial charge is 0.497 e. The van der Waals surface area contributed by atoms with Crippen molar-refractivity contribution in [3.8, 4) is 17.1 Å². The first-order valence-corrected chi connectivity index (χ1v) is 7.27. The van der Waals surface area contributed by atoms with Gasteiger partial charge in [-0.25, -0.2) is 4.98 Å². The summed E-state index contributed by atoms with van der Waals surface area (Å²) in [6, 6.07) is 7.64. The Balaban J connectivity index is 1.96. The van der Waals surface area contributed by atoms with Crippen LogP contribution in [0.1, 0.15) is 19.2 Å². The van der Waals surface area contributed by atoms with Crippen LogP contribution in [0.3, 0.4) is 0 Å². The van der Waals surface area contributed by atoms with Gasteiger partial charge in [-0.3, -0.25) is 10.1 Å². The third-order valence-electron chi connectivity index (χ3n) is 3.07. The number of methoxy groups -OCH3 is 1. The van der Waals surface area contributed by atoms with Crippen LogP contribution in [0, 0.1) is 0 Å². The molecular formula is C15H22N6O. The van der Waals surface area contributed by atoms with E-state index in [0.29, 0.717) is 12.4 Å². The van der Waals surface area contributed by atoms with Gasteiger partial charge in [0.25, 0.3) is 0 Å². The van der Waals surface area contributed by atoms with Crippen molar-refractivity contribution >= 4 is 5.96 Å².